The van der Waals surface area contributed by atoms with Gasteiger partial charge in [-0.25, -0.2) is 0 Å². The Morgan fingerprint density at radius 3 is 2.53 bits per heavy atom. The molecule has 0 spiro atoms. The number of hydrogen-bond acceptors (Lipinski definition) is 2. The minimum Gasteiger partial charge on any atom is -0.305 e. The molecule has 1 aromatic carbocycles. The van der Waals surface area contributed by atoms with Gasteiger partial charge in [-0.05, 0) is 30.0 Å². The van der Waals surface area contributed by atoms with Crippen LogP contribution in [0.2, 0.25) is 15.1 Å². The van der Waals surface area contributed by atoms with Crippen LogP contribution in [0.4, 0.5) is 0 Å². The zero-order valence-corrected chi connectivity index (χ0v) is 13.5. The van der Waals surface area contributed by atoms with Gasteiger partial charge in [0.1, 0.15) is 0 Å². The SMILES string of the molecule is CCC(NCc1c(Cl)ccc(Cl)c1Cl)c1cccs1. The van der Waals surface area contributed by atoms with Crippen LogP contribution in [0.3, 0.4) is 0 Å². The summed E-state index contributed by atoms with van der Waals surface area (Å²) >= 11 is 20.1. The van der Waals surface area contributed by atoms with Gasteiger partial charge in [-0.1, -0.05) is 47.8 Å². The van der Waals surface area contributed by atoms with Crippen molar-refractivity contribution in [1.29, 1.82) is 0 Å². The van der Waals surface area contributed by atoms with E-state index in [4.69, 9.17) is 34.8 Å². The highest BCUT2D eigenvalue weighted by atomic mass is 35.5. The van der Waals surface area contributed by atoms with Crippen LogP contribution in [-0.4, -0.2) is 0 Å². The Balaban J connectivity index is 2.12. The zero-order valence-electron chi connectivity index (χ0n) is 10.4. The van der Waals surface area contributed by atoms with Crippen molar-refractivity contribution < 1.29 is 0 Å². The fourth-order valence-corrected chi connectivity index (χ4v) is 3.46. The van der Waals surface area contributed by atoms with E-state index < -0.39 is 0 Å². The van der Waals surface area contributed by atoms with Crippen molar-refractivity contribution in [1.82, 2.24) is 5.32 Å². The molecule has 2 rings (SSSR count). The van der Waals surface area contributed by atoms with Crippen LogP contribution < -0.4 is 5.32 Å². The van der Waals surface area contributed by atoms with Crippen LogP contribution in [0.15, 0.2) is 29.6 Å². The van der Waals surface area contributed by atoms with Gasteiger partial charge in [0.05, 0.1) is 10.0 Å². The largest absolute Gasteiger partial charge is 0.305 e. The smallest absolute Gasteiger partial charge is 0.0652 e. The molecule has 0 fully saturated rings. The number of hydrogen-bond donors (Lipinski definition) is 1. The maximum atomic E-state index is 6.20. The second-order valence-electron chi connectivity index (χ2n) is 4.18. The summed E-state index contributed by atoms with van der Waals surface area (Å²) in [7, 11) is 0. The quantitative estimate of drug-likeness (QED) is 0.666. The molecule has 0 radical (unpaired) electrons. The molecule has 0 saturated carbocycles. The molecule has 1 unspecified atom stereocenters. The molecule has 5 heteroatoms. The first-order valence-corrected chi connectivity index (χ1v) is 8.04. The monoisotopic (exact) mass is 333 g/mol. The average molecular weight is 335 g/mol. The lowest BCUT2D eigenvalue weighted by molar-refractivity contribution is 0.527. The van der Waals surface area contributed by atoms with Crippen LogP contribution >= 0.6 is 46.1 Å². The molecule has 0 saturated heterocycles. The van der Waals surface area contributed by atoms with Crippen molar-refractivity contribution in [2.24, 2.45) is 0 Å². The fourth-order valence-electron chi connectivity index (χ4n) is 1.89. The van der Waals surface area contributed by atoms with E-state index in [2.05, 4.69) is 29.8 Å². The third-order valence-electron chi connectivity index (χ3n) is 2.96. The topological polar surface area (TPSA) is 12.0 Å². The van der Waals surface area contributed by atoms with E-state index in [9.17, 15) is 0 Å². The van der Waals surface area contributed by atoms with Crippen molar-refractivity contribution >= 4 is 46.1 Å². The summed E-state index contributed by atoms with van der Waals surface area (Å²) in [5, 5.41) is 7.27. The van der Waals surface area contributed by atoms with E-state index in [0.29, 0.717) is 27.7 Å². The third-order valence-corrected chi connectivity index (χ3v) is 5.14. The Bertz CT molecular complexity index is 540. The summed E-state index contributed by atoms with van der Waals surface area (Å²) in [6, 6.07) is 7.99. The molecule has 0 aliphatic rings. The van der Waals surface area contributed by atoms with Crippen LogP contribution in [0, 0.1) is 0 Å². The third kappa shape index (κ3) is 3.65. The lowest BCUT2D eigenvalue weighted by atomic mass is 10.1. The van der Waals surface area contributed by atoms with Gasteiger partial charge in [-0.2, -0.15) is 0 Å². The maximum Gasteiger partial charge on any atom is 0.0652 e. The van der Waals surface area contributed by atoms with Crippen LogP contribution in [-0.2, 0) is 6.54 Å². The second kappa shape index (κ2) is 6.96. The van der Waals surface area contributed by atoms with Crippen molar-refractivity contribution in [3.05, 3.63) is 55.2 Å². The average Bonchev–Trinajstić information content (AvgIpc) is 2.92. The molecule has 0 aliphatic heterocycles. The van der Waals surface area contributed by atoms with E-state index in [1.807, 2.05) is 0 Å². The summed E-state index contributed by atoms with van der Waals surface area (Å²) in [5.74, 6) is 0. The number of benzene rings is 1. The molecule has 2 aromatic rings. The summed E-state index contributed by atoms with van der Waals surface area (Å²) < 4.78 is 0. The van der Waals surface area contributed by atoms with E-state index in [0.717, 1.165) is 12.0 Å². The minimum atomic E-state index is 0.311. The molecular weight excluding hydrogens is 321 g/mol. The first-order chi connectivity index (χ1) is 9.13. The molecule has 0 bridgehead atoms. The Kier molecular flexibility index (Phi) is 5.55. The maximum absolute atomic E-state index is 6.20. The number of nitrogens with one attached hydrogen (secondary N) is 1. The van der Waals surface area contributed by atoms with Crippen molar-refractivity contribution in [3.8, 4) is 0 Å². The molecule has 0 amide bonds. The van der Waals surface area contributed by atoms with Crippen molar-refractivity contribution in [2.45, 2.75) is 25.9 Å². The summed E-state index contributed by atoms with van der Waals surface area (Å²) in [6.45, 7) is 2.76. The number of rotatable bonds is 5. The van der Waals surface area contributed by atoms with Crippen molar-refractivity contribution in [3.63, 3.8) is 0 Å². The summed E-state index contributed by atoms with van der Waals surface area (Å²) in [4.78, 5) is 1.32. The summed E-state index contributed by atoms with van der Waals surface area (Å²) in [5.41, 5.74) is 0.853. The van der Waals surface area contributed by atoms with E-state index in [1.54, 1.807) is 23.5 Å². The van der Waals surface area contributed by atoms with Gasteiger partial charge in [0, 0.05) is 28.0 Å². The lowest BCUT2D eigenvalue weighted by Gasteiger charge is -2.17. The number of thiophene rings is 1. The van der Waals surface area contributed by atoms with Gasteiger partial charge >= 0.3 is 0 Å². The highest BCUT2D eigenvalue weighted by Crippen LogP contribution is 2.32. The molecule has 1 aromatic heterocycles. The first kappa shape index (κ1) is 15.1. The number of halogens is 3. The van der Waals surface area contributed by atoms with Crippen LogP contribution in [0.25, 0.3) is 0 Å². The first-order valence-electron chi connectivity index (χ1n) is 6.02. The predicted octanol–water partition coefficient (Wildman–Crippen LogP) is 5.95. The second-order valence-corrected chi connectivity index (χ2v) is 6.35. The van der Waals surface area contributed by atoms with Gasteiger partial charge in [0.2, 0.25) is 0 Å². The predicted molar refractivity (Wildman–Crippen MR) is 85.7 cm³/mol. The molecule has 1 atom stereocenters. The standard InChI is InChI=1S/C14H14Cl3NS/c1-2-12(13-4-3-7-19-13)18-8-9-10(15)5-6-11(16)14(9)17/h3-7,12,18H,2,8H2,1H3. The van der Waals surface area contributed by atoms with Gasteiger partial charge in [-0.15, -0.1) is 11.3 Å². The molecule has 0 aliphatic carbocycles. The molecule has 1 heterocycles. The van der Waals surface area contributed by atoms with Gasteiger partial charge in [-0.3, -0.25) is 0 Å². The molecular formula is C14H14Cl3NS. The minimum absolute atomic E-state index is 0.311. The Morgan fingerprint density at radius 2 is 1.89 bits per heavy atom. The Labute approximate surface area is 132 Å². The van der Waals surface area contributed by atoms with Gasteiger partial charge < -0.3 is 5.32 Å². The molecule has 102 valence electrons. The molecule has 1 N–H and O–H groups in total. The molecule has 1 nitrogen and oxygen atoms in total. The summed E-state index contributed by atoms with van der Waals surface area (Å²) in [6.07, 6.45) is 1.01. The van der Waals surface area contributed by atoms with E-state index in [1.165, 1.54) is 4.88 Å². The zero-order chi connectivity index (χ0) is 13.8. The van der Waals surface area contributed by atoms with E-state index >= 15 is 0 Å². The Morgan fingerprint density at radius 1 is 1.16 bits per heavy atom. The van der Waals surface area contributed by atoms with Gasteiger partial charge in [0.25, 0.3) is 0 Å². The van der Waals surface area contributed by atoms with E-state index in [-0.39, 0.29) is 0 Å². The lowest BCUT2D eigenvalue weighted by Crippen LogP contribution is -2.19. The van der Waals surface area contributed by atoms with Crippen LogP contribution in [0.5, 0.6) is 0 Å². The fraction of sp³-hybridized carbons (Fsp3) is 0.286. The molecule has 19 heavy (non-hydrogen) atoms. The van der Waals surface area contributed by atoms with Crippen LogP contribution in [0.1, 0.15) is 29.8 Å². The van der Waals surface area contributed by atoms with Crippen molar-refractivity contribution in [2.75, 3.05) is 0 Å². The Hall–Kier alpha value is -0.250. The highest BCUT2D eigenvalue weighted by Gasteiger charge is 2.13. The highest BCUT2D eigenvalue weighted by molar-refractivity contribution is 7.10. The normalized spacial score (nSPS) is 12.6. The van der Waals surface area contributed by atoms with Gasteiger partial charge in [0.15, 0.2) is 0 Å².